The van der Waals surface area contributed by atoms with Gasteiger partial charge in [0.2, 0.25) is 0 Å². The quantitative estimate of drug-likeness (QED) is 0.569. The summed E-state index contributed by atoms with van der Waals surface area (Å²) in [5, 5.41) is 0.621. The minimum atomic E-state index is -0.000818. The van der Waals surface area contributed by atoms with Crippen LogP contribution < -0.4 is 4.90 Å². The molecule has 0 saturated carbocycles. The highest BCUT2D eigenvalue weighted by atomic mass is 35.5. The molecule has 2 aliphatic rings. The topological polar surface area (TPSA) is 58.6 Å². The lowest BCUT2D eigenvalue weighted by molar-refractivity contribution is -0.00558. The molecule has 0 spiro atoms. The standard InChI is InChI=1S/C26H27ClN4O2/c1-17-14-31(15-18(2)33-17)25-22-16-30(26(32)20-8-10-21(27)11-9-20)13-12-23(22)28-24(29-25)19-6-4-3-5-7-19/h3-11,17-18H,12-16H2,1-2H3. The molecule has 2 aromatic carbocycles. The van der Waals surface area contributed by atoms with Crippen molar-refractivity contribution in [1.82, 2.24) is 14.9 Å². The average molecular weight is 463 g/mol. The summed E-state index contributed by atoms with van der Waals surface area (Å²) in [7, 11) is 0. The van der Waals surface area contributed by atoms with E-state index in [1.165, 1.54) is 0 Å². The van der Waals surface area contributed by atoms with Crippen molar-refractivity contribution in [3.8, 4) is 11.4 Å². The first-order chi connectivity index (χ1) is 16.0. The SMILES string of the molecule is CC1CN(c2nc(-c3ccccc3)nc3c2CN(C(=O)c2ccc(Cl)cc2)CC3)CC(C)O1. The molecule has 0 N–H and O–H groups in total. The molecule has 2 atom stereocenters. The third-order valence-corrected chi connectivity index (χ3v) is 6.42. The Morgan fingerprint density at radius 3 is 2.39 bits per heavy atom. The van der Waals surface area contributed by atoms with E-state index < -0.39 is 0 Å². The first kappa shape index (κ1) is 21.9. The first-order valence-corrected chi connectivity index (χ1v) is 11.8. The normalized spacial score (nSPS) is 20.5. The zero-order valence-electron chi connectivity index (χ0n) is 18.9. The molecule has 2 aliphatic heterocycles. The van der Waals surface area contributed by atoms with Gasteiger partial charge in [-0.15, -0.1) is 0 Å². The molecule has 0 bridgehead atoms. The van der Waals surface area contributed by atoms with Crippen LogP contribution in [0.15, 0.2) is 54.6 Å². The second-order valence-electron chi connectivity index (χ2n) is 8.81. The van der Waals surface area contributed by atoms with Gasteiger partial charge in [-0.1, -0.05) is 41.9 Å². The van der Waals surface area contributed by atoms with Crippen LogP contribution in [-0.4, -0.2) is 52.6 Å². The van der Waals surface area contributed by atoms with Crippen molar-refractivity contribution in [1.29, 1.82) is 0 Å². The monoisotopic (exact) mass is 462 g/mol. The lowest BCUT2D eigenvalue weighted by atomic mass is 10.0. The molecule has 0 aliphatic carbocycles. The van der Waals surface area contributed by atoms with Gasteiger partial charge in [-0.25, -0.2) is 9.97 Å². The third-order valence-electron chi connectivity index (χ3n) is 6.17. The van der Waals surface area contributed by atoms with E-state index in [-0.39, 0.29) is 18.1 Å². The number of amides is 1. The van der Waals surface area contributed by atoms with Crippen molar-refractivity contribution in [2.75, 3.05) is 24.5 Å². The fourth-order valence-electron chi connectivity index (χ4n) is 4.67. The van der Waals surface area contributed by atoms with E-state index in [1.807, 2.05) is 35.2 Å². The Hall–Kier alpha value is -2.96. The predicted molar refractivity (Wildman–Crippen MR) is 130 cm³/mol. The summed E-state index contributed by atoms with van der Waals surface area (Å²) in [6.07, 6.45) is 0.907. The van der Waals surface area contributed by atoms with Crippen LogP contribution in [0.25, 0.3) is 11.4 Å². The Morgan fingerprint density at radius 2 is 1.70 bits per heavy atom. The molecule has 0 radical (unpaired) electrons. The number of benzene rings is 2. The van der Waals surface area contributed by atoms with Crippen molar-refractivity contribution < 1.29 is 9.53 Å². The summed E-state index contributed by atoms with van der Waals surface area (Å²) < 4.78 is 5.96. The van der Waals surface area contributed by atoms with Crippen molar-refractivity contribution in [3.05, 3.63) is 76.4 Å². The van der Waals surface area contributed by atoms with E-state index >= 15 is 0 Å². The minimum Gasteiger partial charge on any atom is -0.372 e. The number of carbonyl (C=O) groups excluding carboxylic acids is 1. The minimum absolute atomic E-state index is 0.000818. The van der Waals surface area contributed by atoms with Gasteiger partial charge < -0.3 is 14.5 Å². The lowest BCUT2D eigenvalue weighted by Crippen LogP contribution is -2.47. The predicted octanol–water partition coefficient (Wildman–Crippen LogP) is 4.61. The Bertz CT molecular complexity index is 1140. The van der Waals surface area contributed by atoms with Gasteiger partial charge in [0.15, 0.2) is 5.82 Å². The fraction of sp³-hybridized carbons (Fsp3) is 0.346. The molecule has 2 unspecified atom stereocenters. The van der Waals surface area contributed by atoms with Crippen molar-refractivity contribution in [3.63, 3.8) is 0 Å². The largest absolute Gasteiger partial charge is 0.372 e. The van der Waals surface area contributed by atoms with Crippen LogP contribution in [0.2, 0.25) is 5.02 Å². The molecular weight excluding hydrogens is 436 g/mol. The number of halogens is 1. The zero-order valence-corrected chi connectivity index (χ0v) is 19.6. The van der Waals surface area contributed by atoms with Crippen LogP contribution in [0.4, 0.5) is 5.82 Å². The first-order valence-electron chi connectivity index (χ1n) is 11.4. The molecule has 7 heteroatoms. The average Bonchev–Trinajstić information content (AvgIpc) is 2.83. The van der Waals surface area contributed by atoms with Crippen LogP contribution in [0.1, 0.15) is 35.5 Å². The van der Waals surface area contributed by atoms with Crippen LogP contribution in [0.3, 0.4) is 0 Å². The Balaban J connectivity index is 1.53. The number of anilines is 1. The van der Waals surface area contributed by atoms with E-state index in [0.29, 0.717) is 30.1 Å². The summed E-state index contributed by atoms with van der Waals surface area (Å²) in [6, 6.07) is 17.1. The Labute approximate surface area is 199 Å². The van der Waals surface area contributed by atoms with Gasteiger partial charge in [-0.05, 0) is 38.1 Å². The van der Waals surface area contributed by atoms with Crippen LogP contribution in [0.5, 0.6) is 0 Å². The molecular formula is C26H27ClN4O2. The number of ether oxygens (including phenoxy) is 1. The molecule has 170 valence electrons. The maximum Gasteiger partial charge on any atom is 0.254 e. The molecule has 6 nitrogen and oxygen atoms in total. The molecule has 3 aromatic rings. The summed E-state index contributed by atoms with van der Waals surface area (Å²) >= 11 is 6.01. The summed E-state index contributed by atoms with van der Waals surface area (Å²) in [5.41, 5.74) is 3.69. The number of hydrogen-bond acceptors (Lipinski definition) is 5. The maximum atomic E-state index is 13.2. The van der Waals surface area contributed by atoms with E-state index in [4.69, 9.17) is 26.3 Å². The molecule has 1 fully saturated rings. The van der Waals surface area contributed by atoms with E-state index in [0.717, 1.165) is 41.6 Å². The van der Waals surface area contributed by atoms with Crippen LogP contribution in [0, 0.1) is 0 Å². The van der Waals surface area contributed by atoms with Crippen molar-refractivity contribution in [2.45, 2.75) is 39.0 Å². The number of fused-ring (bicyclic) bond motifs is 1. The van der Waals surface area contributed by atoms with Gasteiger partial charge in [0.1, 0.15) is 5.82 Å². The zero-order chi connectivity index (χ0) is 22.9. The number of aromatic nitrogens is 2. The highest BCUT2D eigenvalue weighted by molar-refractivity contribution is 6.30. The summed E-state index contributed by atoms with van der Waals surface area (Å²) in [4.78, 5) is 27.3. The molecule has 1 saturated heterocycles. The van der Waals surface area contributed by atoms with Crippen molar-refractivity contribution in [2.24, 2.45) is 0 Å². The lowest BCUT2D eigenvalue weighted by Gasteiger charge is -2.39. The highest BCUT2D eigenvalue weighted by Gasteiger charge is 2.31. The second kappa shape index (κ2) is 9.12. The van der Waals surface area contributed by atoms with Gasteiger partial charge >= 0.3 is 0 Å². The molecule has 1 amide bonds. The molecule has 1 aromatic heterocycles. The van der Waals surface area contributed by atoms with Gasteiger partial charge in [0, 0.05) is 47.8 Å². The third kappa shape index (κ3) is 4.59. The molecule has 3 heterocycles. The Kier molecular flexibility index (Phi) is 6.04. The summed E-state index contributed by atoms with van der Waals surface area (Å²) in [5.74, 6) is 1.64. The Morgan fingerprint density at radius 1 is 1.00 bits per heavy atom. The maximum absolute atomic E-state index is 13.2. The fourth-order valence-corrected chi connectivity index (χ4v) is 4.80. The highest BCUT2D eigenvalue weighted by Crippen LogP contribution is 2.32. The number of morpholine rings is 1. The van der Waals surface area contributed by atoms with E-state index in [9.17, 15) is 4.79 Å². The number of nitrogens with zero attached hydrogens (tertiary/aromatic N) is 4. The second-order valence-corrected chi connectivity index (χ2v) is 9.24. The van der Waals surface area contributed by atoms with Gasteiger partial charge in [-0.2, -0.15) is 0 Å². The van der Waals surface area contributed by atoms with Crippen molar-refractivity contribution >= 4 is 23.3 Å². The van der Waals surface area contributed by atoms with Crippen LogP contribution in [-0.2, 0) is 17.7 Å². The number of hydrogen-bond donors (Lipinski definition) is 0. The smallest absolute Gasteiger partial charge is 0.254 e. The molecule has 33 heavy (non-hydrogen) atoms. The van der Waals surface area contributed by atoms with Gasteiger partial charge in [-0.3, -0.25) is 4.79 Å². The van der Waals surface area contributed by atoms with Gasteiger partial charge in [0.25, 0.3) is 5.91 Å². The van der Waals surface area contributed by atoms with Crippen LogP contribution >= 0.6 is 11.6 Å². The number of carbonyl (C=O) groups is 1. The number of rotatable bonds is 3. The van der Waals surface area contributed by atoms with E-state index in [2.05, 4.69) is 18.7 Å². The van der Waals surface area contributed by atoms with E-state index in [1.54, 1.807) is 24.3 Å². The van der Waals surface area contributed by atoms with Gasteiger partial charge in [0.05, 0.1) is 24.4 Å². The molecule has 5 rings (SSSR count). The summed E-state index contributed by atoms with van der Waals surface area (Å²) in [6.45, 7) is 6.80.